The van der Waals surface area contributed by atoms with Crippen molar-refractivity contribution in [3.05, 3.63) is 24.3 Å². The highest BCUT2D eigenvalue weighted by atomic mass is 32.2. The van der Waals surface area contributed by atoms with Crippen LogP contribution in [0, 0.1) is 0 Å². The van der Waals surface area contributed by atoms with Crippen LogP contribution in [0.25, 0.3) is 0 Å². The zero-order chi connectivity index (χ0) is 15.2. The van der Waals surface area contributed by atoms with Crippen molar-refractivity contribution >= 4 is 16.0 Å². The summed E-state index contributed by atoms with van der Waals surface area (Å²) in [4.78, 5) is 10.4. The smallest absolute Gasteiger partial charge is 0.332 e. The van der Waals surface area contributed by atoms with Gasteiger partial charge in [-0.05, 0) is 37.6 Å². The fourth-order valence-electron chi connectivity index (χ4n) is 1.42. The van der Waals surface area contributed by atoms with Gasteiger partial charge in [-0.2, -0.15) is 0 Å². The quantitative estimate of drug-likeness (QED) is 0.632. The second kappa shape index (κ2) is 7.22. The highest BCUT2D eigenvalue weighted by molar-refractivity contribution is 7.89. The average molecular weight is 303 g/mol. The number of carbonyl (C=O) groups is 1. The van der Waals surface area contributed by atoms with Crippen LogP contribution in [0.2, 0.25) is 0 Å². The molecule has 1 aromatic rings. The largest absolute Gasteiger partial charge is 0.494 e. The summed E-state index contributed by atoms with van der Waals surface area (Å²) in [5.74, 6) is -0.821. The van der Waals surface area contributed by atoms with Gasteiger partial charge in [-0.3, -0.25) is 0 Å². The van der Waals surface area contributed by atoms with Crippen molar-refractivity contribution in [2.75, 3.05) is 13.2 Å². The van der Waals surface area contributed by atoms with E-state index in [1.54, 1.807) is 0 Å². The molecule has 0 saturated carbocycles. The molecule has 7 nitrogen and oxygen atoms in total. The van der Waals surface area contributed by atoms with Gasteiger partial charge < -0.3 is 14.9 Å². The van der Waals surface area contributed by atoms with Gasteiger partial charge in [0.05, 0.1) is 11.5 Å². The van der Waals surface area contributed by atoms with Crippen LogP contribution in [-0.2, 0) is 14.8 Å². The molecule has 1 aromatic carbocycles. The molecule has 1 rings (SSSR count). The zero-order valence-corrected chi connectivity index (χ0v) is 11.8. The van der Waals surface area contributed by atoms with Gasteiger partial charge in [0.25, 0.3) is 0 Å². The van der Waals surface area contributed by atoms with Crippen LogP contribution in [0.5, 0.6) is 5.75 Å². The van der Waals surface area contributed by atoms with Crippen molar-refractivity contribution in [1.82, 2.24) is 4.72 Å². The van der Waals surface area contributed by atoms with Crippen LogP contribution in [0.3, 0.4) is 0 Å². The van der Waals surface area contributed by atoms with E-state index in [1.807, 2.05) is 6.92 Å². The third-order valence-corrected chi connectivity index (χ3v) is 3.92. The lowest BCUT2D eigenvalue weighted by atomic mass is 10.3. The number of carboxylic acids is 1. The molecule has 0 aliphatic carbocycles. The van der Waals surface area contributed by atoms with Crippen molar-refractivity contribution in [3.8, 4) is 5.75 Å². The van der Waals surface area contributed by atoms with E-state index in [-0.39, 0.29) is 17.9 Å². The second-order valence-electron chi connectivity index (χ2n) is 3.94. The Hall–Kier alpha value is -1.64. The first-order valence-electron chi connectivity index (χ1n) is 6.00. The number of aliphatic hydroxyl groups is 1. The molecule has 0 spiro atoms. The van der Waals surface area contributed by atoms with Crippen molar-refractivity contribution in [1.29, 1.82) is 0 Å². The summed E-state index contributed by atoms with van der Waals surface area (Å²) in [6.07, 6.45) is -1.79. The molecule has 20 heavy (non-hydrogen) atoms. The fourth-order valence-corrected chi connectivity index (χ4v) is 2.47. The number of aliphatic carboxylic acids is 1. The maximum absolute atomic E-state index is 11.9. The van der Waals surface area contributed by atoms with E-state index >= 15 is 0 Å². The maximum atomic E-state index is 11.9. The molecule has 0 aliphatic rings. The number of benzene rings is 1. The summed E-state index contributed by atoms with van der Waals surface area (Å²) in [7, 11) is -3.72. The lowest BCUT2D eigenvalue weighted by Gasteiger charge is -2.09. The summed E-state index contributed by atoms with van der Waals surface area (Å²) in [5.41, 5.74) is 0. The lowest BCUT2D eigenvalue weighted by molar-refractivity contribution is -0.146. The van der Waals surface area contributed by atoms with Crippen LogP contribution in [0.1, 0.15) is 13.3 Å². The average Bonchev–Trinajstić information content (AvgIpc) is 2.39. The summed E-state index contributed by atoms with van der Waals surface area (Å²) in [6, 6.07) is 5.84. The Bertz CT molecular complexity index is 540. The summed E-state index contributed by atoms with van der Waals surface area (Å²) >= 11 is 0. The third kappa shape index (κ3) is 4.80. The molecule has 1 unspecified atom stereocenters. The molecule has 0 aliphatic heterocycles. The number of nitrogens with one attached hydrogen (secondary N) is 1. The zero-order valence-electron chi connectivity index (χ0n) is 10.9. The van der Waals surface area contributed by atoms with Crippen LogP contribution < -0.4 is 9.46 Å². The highest BCUT2D eigenvalue weighted by Gasteiger charge is 2.17. The van der Waals surface area contributed by atoms with Gasteiger partial charge in [0, 0.05) is 6.54 Å². The van der Waals surface area contributed by atoms with Crippen LogP contribution in [-0.4, -0.2) is 43.9 Å². The number of sulfonamides is 1. The molecule has 3 N–H and O–H groups in total. The molecule has 8 heteroatoms. The van der Waals surface area contributed by atoms with Crippen molar-refractivity contribution in [3.63, 3.8) is 0 Å². The van der Waals surface area contributed by atoms with E-state index in [2.05, 4.69) is 4.72 Å². The molecule has 0 amide bonds. The van der Waals surface area contributed by atoms with Gasteiger partial charge in [0.1, 0.15) is 5.75 Å². The van der Waals surface area contributed by atoms with Crippen molar-refractivity contribution < 1.29 is 28.2 Å². The molecule has 0 aromatic heterocycles. The van der Waals surface area contributed by atoms with E-state index in [4.69, 9.17) is 14.9 Å². The number of rotatable bonds is 8. The third-order valence-electron chi connectivity index (χ3n) is 2.44. The van der Waals surface area contributed by atoms with Crippen molar-refractivity contribution in [2.45, 2.75) is 24.3 Å². The Balaban J connectivity index is 2.62. The standard InChI is InChI=1S/C12H17NO6S/c1-2-19-9-3-5-10(6-4-9)20(17,18)13-8-7-11(14)12(15)16/h3-6,11,13-14H,2,7-8H2,1H3,(H,15,16). The van der Waals surface area contributed by atoms with Gasteiger partial charge in [0.2, 0.25) is 10.0 Å². The van der Waals surface area contributed by atoms with E-state index in [1.165, 1.54) is 24.3 Å². The minimum absolute atomic E-state index is 0.0470. The summed E-state index contributed by atoms with van der Waals surface area (Å²) < 4.78 is 31.2. The number of hydrogen-bond donors (Lipinski definition) is 3. The molecular weight excluding hydrogens is 286 g/mol. The Morgan fingerprint density at radius 3 is 2.45 bits per heavy atom. The fraction of sp³-hybridized carbons (Fsp3) is 0.417. The number of hydrogen-bond acceptors (Lipinski definition) is 5. The summed E-state index contributed by atoms with van der Waals surface area (Å²) in [6.45, 7) is 2.14. The van der Waals surface area contributed by atoms with Crippen LogP contribution in [0.4, 0.5) is 0 Å². The Morgan fingerprint density at radius 1 is 1.35 bits per heavy atom. The van der Waals surface area contributed by atoms with Crippen molar-refractivity contribution in [2.24, 2.45) is 0 Å². The van der Waals surface area contributed by atoms with Gasteiger partial charge in [-0.15, -0.1) is 0 Å². The first-order chi connectivity index (χ1) is 9.36. The Morgan fingerprint density at radius 2 is 1.95 bits per heavy atom. The minimum Gasteiger partial charge on any atom is -0.494 e. The van der Waals surface area contributed by atoms with E-state index in [9.17, 15) is 13.2 Å². The van der Waals surface area contributed by atoms with Crippen LogP contribution in [0.15, 0.2) is 29.2 Å². The number of ether oxygens (including phenoxy) is 1. The predicted molar refractivity (Wildman–Crippen MR) is 71.1 cm³/mol. The lowest BCUT2D eigenvalue weighted by Crippen LogP contribution is -2.30. The SMILES string of the molecule is CCOc1ccc(S(=O)(=O)NCCC(O)C(=O)O)cc1. The molecule has 0 radical (unpaired) electrons. The predicted octanol–water partition coefficient (Wildman–Crippen LogP) is 0.199. The van der Waals surface area contributed by atoms with Gasteiger partial charge in [-0.25, -0.2) is 17.9 Å². The van der Waals surface area contributed by atoms with E-state index in [0.717, 1.165) is 0 Å². The molecule has 1 atom stereocenters. The molecule has 0 bridgehead atoms. The van der Waals surface area contributed by atoms with Gasteiger partial charge >= 0.3 is 5.97 Å². The van der Waals surface area contributed by atoms with E-state index in [0.29, 0.717) is 12.4 Å². The molecule has 0 fully saturated rings. The molecule has 0 heterocycles. The van der Waals surface area contributed by atoms with E-state index < -0.39 is 22.1 Å². The maximum Gasteiger partial charge on any atom is 0.332 e. The topological polar surface area (TPSA) is 113 Å². The monoisotopic (exact) mass is 303 g/mol. The van der Waals surface area contributed by atoms with Gasteiger partial charge in [0.15, 0.2) is 6.10 Å². The Kier molecular flexibility index (Phi) is 5.93. The second-order valence-corrected chi connectivity index (χ2v) is 5.71. The van der Waals surface area contributed by atoms with Crippen LogP contribution >= 0.6 is 0 Å². The van der Waals surface area contributed by atoms with Gasteiger partial charge in [-0.1, -0.05) is 0 Å². The number of aliphatic hydroxyl groups excluding tert-OH is 1. The normalized spacial score (nSPS) is 12.9. The Labute approximate surface area is 117 Å². The highest BCUT2D eigenvalue weighted by Crippen LogP contribution is 2.15. The molecule has 0 saturated heterocycles. The summed E-state index contributed by atoms with van der Waals surface area (Å²) in [5, 5.41) is 17.5. The molecule has 112 valence electrons. The first kappa shape index (κ1) is 16.4. The minimum atomic E-state index is -3.72. The molecular formula is C12H17NO6S. The number of carboxylic acid groups (broad SMARTS) is 1. The first-order valence-corrected chi connectivity index (χ1v) is 7.48.